The number of aliphatic carboxylic acids is 1. The first-order chi connectivity index (χ1) is 11.0. The molecule has 0 atom stereocenters. The maximum atomic E-state index is 12.3. The van der Waals surface area contributed by atoms with Gasteiger partial charge in [-0.2, -0.15) is 0 Å². The molecule has 0 radical (unpaired) electrons. The second-order valence-electron chi connectivity index (χ2n) is 5.84. The Balaban J connectivity index is 0.00000529. The van der Waals surface area contributed by atoms with Gasteiger partial charge in [-0.3, -0.25) is 19.4 Å². The minimum Gasteiger partial charge on any atom is -0.480 e. The van der Waals surface area contributed by atoms with Gasteiger partial charge in [0.15, 0.2) is 0 Å². The molecule has 1 aliphatic heterocycles. The number of carboxylic acid groups (broad SMARTS) is 1. The number of carbonyl (C=O) groups is 2. The van der Waals surface area contributed by atoms with Crippen molar-refractivity contribution in [1.29, 1.82) is 0 Å². The second kappa shape index (κ2) is 12.1. The van der Waals surface area contributed by atoms with Gasteiger partial charge in [-0.05, 0) is 19.4 Å². The van der Waals surface area contributed by atoms with Crippen LogP contribution in [0.15, 0.2) is 25.3 Å². The van der Waals surface area contributed by atoms with E-state index in [-0.39, 0.29) is 24.9 Å². The fraction of sp³-hybridized carbons (Fsp3) is 0.647. The summed E-state index contributed by atoms with van der Waals surface area (Å²) in [6, 6.07) is 0.292. The predicted molar refractivity (Wildman–Crippen MR) is 98.6 cm³/mol. The maximum absolute atomic E-state index is 12.3. The van der Waals surface area contributed by atoms with E-state index in [9.17, 15) is 9.59 Å². The Morgan fingerprint density at radius 1 is 1.21 bits per heavy atom. The first kappa shape index (κ1) is 22.6. The fourth-order valence-electron chi connectivity index (χ4n) is 3.00. The number of hydrogen-bond acceptors (Lipinski definition) is 4. The first-order valence-electron chi connectivity index (χ1n) is 8.19. The average Bonchev–Trinajstić information content (AvgIpc) is 2.53. The van der Waals surface area contributed by atoms with Crippen LogP contribution in [-0.4, -0.2) is 83.5 Å². The summed E-state index contributed by atoms with van der Waals surface area (Å²) < 4.78 is 0. The lowest BCUT2D eigenvalue weighted by molar-refractivity contribution is -0.139. The van der Waals surface area contributed by atoms with Gasteiger partial charge in [-0.1, -0.05) is 19.1 Å². The molecule has 6 nitrogen and oxygen atoms in total. The van der Waals surface area contributed by atoms with Crippen LogP contribution in [0.5, 0.6) is 0 Å². The molecule has 1 saturated heterocycles. The van der Waals surface area contributed by atoms with Crippen molar-refractivity contribution >= 4 is 24.3 Å². The van der Waals surface area contributed by atoms with Gasteiger partial charge in [0.05, 0.1) is 13.1 Å². The van der Waals surface area contributed by atoms with Crippen molar-refractivity contribution in [2.45, 2.75) is 25.8 Å². The lowest BCUT2D eigenvalue weighted by Gasteiger charge is -2.37. The highest BCUT2D eigenvalue weighted by Crippen LogP contribution is 2.16. The van der Waals surface area contributed by atoms with Crippen LogP contribution in [0.3, 0.4) is 0 Å². The van der Waals surface area contributed by atoms with E-state index in [1.807, 2.05) is 11.8 Å². The van der Waals surface area contributed by atoms with Crippen LogP contribution in [0.25, 0.3) is 0 Å². The highest BCUT2D eigenvalue weighted by molar-refractivity contribution is 5.85. The molecule has 7 heteroatoms. The van der Waals surface area contributed by atoms with E-state index in [0.717, 1.165) is 32.5 Å². The molecular weight excluding hydrogens is 330 g/mol. The summed E-state index contributed by atoms with van der Waals surface area (Å²) in [5.41, 5.74) is 0. The van der Waals surface area contributed by atoms with Crippen LogP contribution < -0.4 is 0 Å². The van der Waals surface area contributed by atoms with Crippen LogP contribution in [0.2, 0.25) is 0 Å². The zero-order valence-electron chi connectivity index (χ0n) is 14.5. The summed E-state index contributed by atoms with van der Waals surface area (Å²) in [6.45, 7) is 13.3. The second-order valence-corrected chi connectivity index (χ2v) is 5.84. The van der Waals surface area contributed by atoms with Crippen molar-refractivity contribution in [1.82, 2.24) is 14.7 Å². The number of likely N-dealkylation sites (N-methyl/N-ethyl adjacent to an activating group) is 1. The Morgan fingerprint density at radius 2 is 1.75 bits per heavy atom. The number of nitrogens with zero attached hydrogens (tertiary/aromatic N) is 3. The molecule has 0 aromatic heterocycles. The van der Waals surface area contributed by atoms with Crippen LogP contribution in [0, 0.1) is 0 Å². The minimum absolute atomic E-state index is 0. The first-order valence-corrected chi connectivity index (χ1v) is 8.19. The Labute approximate surface area is 151 Å². The molecule has 0 aromatic carbocycles. The normalized spacial score (nSPS) is 15.6. The van der Waals surface area contributed by atoms with Crippen molar-refractivity contribution in [3.63, 3.8) is 0 Å². The number of likely N-dealkylation sites (tertiary alicyclic amines) is 1. The molecule has 0 spiro atoms. The van der Waals surface area contributed by atoms with Gasteiger partial charge in [0.1, 0.15) is 0 Å². The van der Waals surface area contributed by atoms with Crippen molar-refractivity contribution in [2.24, 2.45) is 0 Å². The van der Waals surface area contributed by atoms with Gasteiger partial charge >= 0.3 is 5.97 Å². The van der Waals surface area contributed by atoms with Crippen molar-refractivity contribution in [2.75, 3.05) is 45.8 Å². The van der Waals surface area contributed by atoms with Crippen LogP contribution in [-0.2, 0) is 9.59 Å². The highest BCUT2D eigenvalue weighted by Gasteiger charge is 2.26. The summed E-state index contributed by atoms with van der Waals surface area (Å²) in [5.74, 6) is -0.699. The summed E-state index contributed by atoms with van der Waals surface area (Å²) in [7, 11) is 0. The van der Waals surface area contributed by atoms with E-state index in [1.165, 1.54) is 0 Å². The largest absolute Gasteiger partial charge is 0.480 e. The molecule has 1 amide bonds. The van der Waals surface area contributed by atoms with E-state index in [2.05, 4.69) is 18.1 Å². The van der Waals surface area contributed by atoms with E-state index >= 15 is 0 Å². The SMILES string of the molecule is C=CCN(CC=C)C(=O)CN1CCC(N(CC)CC(=O)O)CC1.Cl. The van der Waals surface area contributed by atoms with Gasteiger partial charge in [-0.25, -0.2) is 0 Å². The highest BCUT2D eigenvalue weighted by atomic mass is 35.5. The third-order valence-corrected chi connectivity index (χ3v) is 4.23. The van der Waals surface area contributed by atoms with E-state index in [4.69, 9.17) is 5.11 Å². The molecule has 0 aliphatic carbocycles. The molecule has 1 rings (SSSR count). The molecule has 0 aromatic rings. The molecule has 0 saturated carbocycles. The monoisotopic (exact) mass is 359 g/mol. The molecular formula is C17H30ClN3O3. The van der Waals surface area contributed by atoms with Crippen molar-refractivity contribution in [3.8, 4) is 0 Å². The summed E-state index contributed by atoms with van der Waals surface area (Å²) in [6.07, 6.45) is 5.24. The van der Waals surface area contributed by atoms with Gasteiger partial charge in [-0.15, -0.1) is 25.6 Å². The summed E-state index contributed by atoms with van der Waals surface area (Å²) in [5, 5.41) is 8.96. The Bertz CT molecular complexity index is 413. The van der Waals surface area contributed by atoms with Crippen LogP contribution >= 0.6 is 12.4 Å². The van der Waals surface area contributed by atoms with Gasteiger partial charge in [0.2, 0.25) is 5.91 Å². The number of carbonyl (C=O) groups excluding carboxylic acids is 1. The molecule has 0 bridgehead atoms. The average molecular weight is 360 g/mol. The predicted octanol–water partition coefficient (Wildman–Crippen LogP) is 1.48. The molecule has 1 fully saturated rings. The topological polar surface area (TPSA) is 64.1 Å². The quantitative estimate of drug-likeness (QED) is 0.598. The lowest BCUT2D eigenvalue weighted by atomic mass is 10.0. The standard InChI is InChI=1S/C17H29N3O3.ClH/c1-4-9-20(10-5-2)16(21)13-18-11-7-15(8-12-18)19(6-3)14-17(22)23;/h4-5,15H,1-2,6-14H2,3H3,(H,22,23);1H. The zero-order valence-corrected chi connectivity index (χ0v) is 15.3. The third-order valence-electron chi connectivity index (χ3n) is 4.23. The van der Waals surface area contributed by atoms with E-state index < -0.39 is 5.97 Å². The number of piperidine rings is 1. The van der Waals surface area contributed by atoms with Gasteiger partial charge in [0, 0.05) is 32.2 Å². The van der Waals surface area contributed by atoms with Gasteiger partial charge in [0.25, 0.3) is 0 Å². The molecule has 24 heavy (non-hydrogen) atoms. The van der Waals surface area contributed by atoms with Crippen molar-refractivity contribution < 1.29 is 14.7 Å². The Hall–Kier alpha value is -1.37. The fourth-order valence-corrected chi connectivity index (χ4v) is 3.00. The Morgan fingerprint density at radius 3 is 2.17 bits per heavy atom. The minimum atomic E-state index is -0.783. The van der Waals surface area contributed by atoms with Crippen LogP contribution in [0.4, 0.5) is 0 Å². The number of amides is 1. The molecule has 1 heterocycles. The third kappa shape index (κ3) is 7.47. The molecule has 1 aliphatic rings. The summed E-state index contributed by atoms with van der Waals surface area (Å²) in [4.78, 5) is 29.1. The summed E-state index contributed by atoms with van der Waals surface area (Å²) >= 11 is 0. The number of hydrogen-bond donors (Lipinski definition) is 1. The van der Waals surface area contributed by atoms with E-state index in [0.29, 0.717) is 25.7 Å². The smallest absolute Gasteiger partial charge is 0.317 e. The Kier molecular flexibility index (Phi) is 11.4. The number of halogens is 1. The maximum Gasteiger partial charge on any atom is 0.317 e. The van der Waals surface area contributed by atoms with E-state index in [1.54, 1.807) is 17.1 Å². The number of rotatable bonds is 10. The molecule has 1 N–H and O–H groups in total. The van der Waals surface area contributed by atoms with Crippen molar-refractivity contribution in [3.05, 3.63) is 25.3 Å². The lowest BCUT2D eigenvalue weighted by Crippen LogP contribution is -2.49. The number of carboxylic acids is 1. The molecule has 0 unspecified atom stereocenters. The zero-order chi connectivity index (χ0) is 17.2. The van der Waals surface area contributed by atoms with Gasteiger partial charge < -0.3 is 10.0 Å². The molecule has 138 valence electrons. The van der Waals surface area contributed by atoms with Crippen LogP contribution in [0.1, 0.15) is 19.8 Å².